The lowest BCUT2D eigenvalue weighted by Crippen LogP contribution is -2.62. The number of hydrogen-bond acceptors (Lipinski definition) is 3. The third kappa shape index (κ3) is 3.53. The summed E-state index contributed by atoms with van der Waals surface area (Å²) in [5.41, 5.74) is 0.463. The predicted octanol–water partition coefficient (Wildman–Crippen LogP) is 1.61. The van der Waals surface area contributed by atoms with Gasteiger partial charge in [-0.3, -0.25) is 9.69 Å². The highest BCUT2D eigenvalue weighted by atomic mass is 16.2. The van der Waals surface area contributed by atoms with Gasteiger partial charge >= 0.3 is 0 Å². The second kappa shape index (κ2) is 6.44. The summed E-state index contributed by atoms with van der Waals surface area (Å²) in [4.78, 5) is 14.8. The molecule has 0 spiro atoms. The van der Waals surface area contributed by atoms with E-state index in [1.807, 2.05) is 6.92 Å². The maximum Gasteiger partial charge on any atom is 0.238 e. The number of carbonyl (C=O) groups is 1. The van der Waals surface area contributed by atoms with Crippen molar-refractivity contribution < 1.29 is 4.79 Å². The summed E-state index contributed by atoms with van der Waals surface area (Å²) in [5.74, 6) is 0.866. The zero-order chi connectivity index (χ0) is 14.8. The van der Waals surface area contributed by atoms with Crippen LogP contribution in [0.25, 0.3) is 0 Å². The molecule has 3 unspecified atom stereocenters. The minimum atomic E-state index is 0.0114. The van der Waals surface area contributed by atoms with Crippen LogP contribution in [-0.4, -0.2) is 49.1 Å². The number of nitrogens with one attached hydrogen (secondary N) is 2. The molecule has 1 aliphatic heterocycles. The summed E-state index contributed by atoms with van der Waals surface area (Å²) in [5, 5.41) is 6.37. The topological polar surface area (TPSA) is 44.4 Å². The number of hydrogen-bond donors (Lipinski definition) is 2. The Morgan fingerprint density at radius 1 is 1.45 bits per heavy atom. The van der Waals surface area contributed by atoms with E-state index >= 15 is 0 Å². The van der Waals surface area contributed by atoms with Crippen LogP contribution in [0.5, 0.6) is 0 Å². The van der Waals surface area contributed by atoms with Crippen LogP contribution >= 0.6 is 0 Å². The van der Waals surface area contributed by atoms with E-state index in [9.17, 15) is 4.79 Å². The van der Waals surface area contributed by atoms with Gasteiger partial charge in [-0.15, -0.1) is 0 Å². The number of amides is 1. The Bertz CT molecular complexity index is 343. The van der Waals surface area contributed by atoms with E-state index in [1.165, 1.54) is 19.3 Å². The Morgan fingerprint density at radius 3 is 2.85 bits per heavy atom. The largest absolute Gasteiger partial charge is 0.355 e. The molecule has 116 valence electrons. The molecule has 0 aromatic rings. The van der Waals surface area contributed by atoms with Crippen LogP contribution < -0.4 is 10.6 Å². The van der Waals surface area contributed by atoms with Gasteiger partial charge < -0.3 is 10.6 Å². The molecule has 0 aromatic heterocycles. The van der Waals surface area contributed by atoms with Crippen molar-refractivity contribution in [1.82, 2.24) is 15.5 Å². The quantitative estimate of drug-likeness (QED) is 0.826. The SMILES string of the molecule is CCNC(=O)C1CNCCN1C1CCC(C)(C)CC1C. The van der Waals surface area contributed by atoms with E-state index in [-0.39, 0.29) is 11.9 Å². The number of carbonyl (C=O) groups excluding carboxylic acids is 1. The number of nitrogens with zero attached hydrogens (tertiary/aromatic N) is 1. The monoisotopic (exact) mass is 281 g/mol. The minimum absolute atomic E-state index is 0.0114. The zero-order valence-electron chi connectivity index (χ0n) is 13.5. The molecule has 2 fully saturated rings. The van der Waals surface area contributed by atoms with Crippen LogP contribution in [0.4, 0.5) is 0 Å². The molecular formula is C16H31N3O. The molecule has 1 saturated carbocycles. The van der Waals surface area contributed by atoms with Gasteiger partial charge in [0.1, 0.15) is 6.04 Å². The molecule has 2 N–H and O–H groups in total. The first-order chi connectivity index (χ1) is 9.44. The molecule has 1 aliphatic carbocycles. The second-order valence-corrected chi connectivity index (χ2v) is 7.30. The molecule has 1 saturated heterocycles. The second-order valence-electron chi connectivity index (χ2n) is 7.30. The van der Waals surface area contributed by atoms with Crippen molar-refractivity contribution >= 4 is 5.91 Å². The van der Waals surface area contributed by atoms with Gasteiger partial charge in [-0.05, 0) is 37.5 Å². The molecule has 2 rings (SSSR count). The Kier molecular flexibility index (Phi) is 5.08. The van der Waals surface area contributed by atoms with Gasteiger partial charge in [0.25, 0.3) is 0 Å². The Hall–Kier alpha value is -0.610. The maximum atomic E-state index is 12.3. The highest BCUT2D eigenvalue weighted by Crippen LogP contribution is 2.40. The normalized spacial score (nSPS) is 34.7. The lowest BCUT2D eigenvalue weighted by atomic mass is 9.70. The fourth-order valence-electron chi connectivity index (χ4n) is 4.08. The fourth-order valence-corrected chi connectivity index (χ4v) is 4.08. The Balaban J connectivity index is 2.06. The average Bonchev–Trinajstić information content (AvgIpc) is 2.38. The van der Waals surface area contributed by atoms with Crippen molar-refractivity contribution in [3.63, 3.8) is 0 Å². The highest BCUT2D eigenvalue weighted by molar-refractivity contribution is 5.82. The molecule has 1 heterocycles. The smallest absolute Gasteiger partial charge is 0.238 e. The zero-order valence-corrected chi connectivity index (χ0v) is 13.5. The number of rotatable bonds is 3. The van der Waals surface area contributed by atoms with E-state index in [2.05, 4.69) is 36.3 Å². The van der Waals surface area contributed by atoms with Gasteiger partial charge in [0, 0.05) is 32.2 Å². The van der Waals surface area contributed by atoms with E-state index < -0.39 is 0 Å². The molecule has 0 aromatic carbocycles. The minimum Gasteiger partial charge on any atom is -0.355 e. The first-order valence-electron chi connectivity index (χ1n) is 8.19. The van der Waals surface area contributed by atoms with Crippen LogP contribution in [0.2, 0.25) is 0 Å². The Labute approximate surface area is 123 Å². The molecule has 4 heteroatoms. The summed E-state index contributed by atoms with van der Waals surface area (Å²) in [7, 11) is 0. The van der Waals surface area contributed by atoms with Gasteiger partial charge in [0.2, 0.25) is 5.91 Å². The highest BCUT2D eigenvalue weighted by Gasteiger charge is 2.40. The molecule has 4 nitrogen and oxygen atoms in total. The molecule has 0 bridgehead atoms. The first kappa shape index (κ1) is 15.8. The van der Waals surface area contributed by atoms with E-state index in [4.69, 9.17) is 0 Å². The van der Waals surface area contributed by atoms with Crippen molar-refractivity contribution in [2.45, 2.75) is 59.0 Å². The summed E-state index contributed by atoms with van der Waals surface area (Å²) in [6.45, 7) is 12.6. The Morgan fingerprint density at radius 2 is 2.20 bits per heavy atom. The summed E-state index contributed by atoms with van der Waals surface area (Å²) >= 11 is 0. The molecule has 0 radical (unpaired) electrons. The summed E-state index contributed by atoms with van der Waals surface area (Å²) in [6, 6.07) is 0.579. The molecule has 1 amide bonds. The standard InChI is InChI=1S/C16H31N3O/c1-5-18-15(20)14-11-17-8-9-19(14)13-6-7-16(3,4)10-12(13)2/h12-14,17H,5-11H2,1-4H3,(H,18,20). The van der Waals surface area contributed by atoms with E-state index in [1.54, 1.807) is 0 Å². The van der Waals surface area contributed by atoms with Crippen LogP contribution in [0.1, 0.15) is 47.0 Å². The third-order valence-corrected chi connectivity index (χ3v) is 5.01. The predicted molar refractivity (Wildman–Crippen MR) is 82.6 cm³/mol. The van der Waals surface area contributed by atoms with Crippen molar-refractivity contribution in [3.05, 3.63) is 0 Å². The van der Waals surface area contributed by atoms with E-state index in [0.29, 0.717) is 17.4 Å². The van der Waals surface area contributed by atoms with Crippen molar-refractivity contribution in [2.75, 3.05) is 26.2 Å². The van der Waals surface area contributed by atoms with Crippen LogP contribution in [0.15, 0.2) is 0 Å². The lowest BCUT2D eigenvalue weighted by Gasteiger charge is -2.48. The van der Waals surface area contributed by atoms with Crippen molar-refractivity contribution in [1.29, 1.82) is 0 Å². The third-order valence-electron chi connectivity index (χ3n) is 5.01. The van der Waals surface area contributed by atoms with Gasteiger partial charge in [-0.25, -0.2) is 0 Å². The molecule has 2 aliphatic rings. The van der Waals surface area contributed by atoms with Crippen LogP contribution in [-0.2, 0) is 4.79 Å². The molecule has 20 heavy (non-hydrogen) atoms. The first-order valence-corrected chi connectivity index (χ1v) is 8.19. The average molecular weight is 281 g/mol. The number of piperazine rings is 1. The number of likely N-dealkylation sites (N-methyl/N-ethyl adjacent to an activating group) is 1. The van der Waals surface area contributed by atoms with Crippen LogP contribution in [0, 0.1) is 11.3 Å². The summed E-state index contributed by atoms with van der Waals surface area (Å²) < 4.78 is 0. The molecule has 3 atom stereocenters. The van der Waals surface area contributed by atoms with Gasteiger partial charge in [-0.1, -0.05) is 20.8 Å². The van der Waals surface area contributed by atoms with Gasteiger partial charge in [0.05, 0.1) is 0 Å². The van der Waals surface area contributed by atoms with E-state index in [0.717, 1.165) is 26.2 Å². The maximum absolute atomic E-state index is 12.3. The van der Waals surface area contributed by atoms with Gasteiger partial charge in [0.15, 0.2) is 0 Å². The van der Waals surface area contributed by atoms with Gasteiger partial charge in [-0.2, -0.15) is 0 Å². The lowest BCUT2D eigenvalue weighted by molar-refractivity contribution is -0.129. The van der Waals surface area contributed by atoms with Crippen molar-refractivity contribution in [3.8, 4) is 0 Å². The van der Waals surface area contributed by atoms with Crippen LogP contribution in [0.3, 0.4) is 0 Å². The summed E-state index contributed by atoms with van der Waals surface area (Å²) in [6.07, 6.45) is 3.77. The molecular weight excluding hydrogens is 250 g/mol. The van der Waals surface area contributed by atoms with Crippen molar-refractivity contribution in [2.24, 2.45) is 11.3 Å². The fraction of sp³-hybridized carbons (Fsp3) is 0.938.